The maximum absolute atomic E-state index is 13.7. The van der Waals surface area contributed by atoms with Crippen molar-refractivity contribution in [3.05, 3.63) is 35.4 Å². The average Bonchev–Trinajstić information content (AvgIpc) is 3.09. The molecule has 2 N–H and O–H groups in total. The average molecular weight is 389 g/mol. The second-order valence-electron chi connectivity index (χ2n) is 10.0. The molecule has 0 radical (unpaired) electrons. The van der Waals surface area contributed by atoms with Crippen molar-refractivity contribution in [3.8, 4) is 0 Å². The molecule has 1 saturated heterocycles. The van der Waals surface area contributed by atoms with E-state index in [9.17, 15) is 4.79 Å². The van der Waals surface area contributed by atoms with Gasteiger partial charge in [0.05, 0.1) is 5.41 Å². The summed E-state index contributed by atoms with van der Waals surface area (Å²) in [6, 6.07) is 9.21. The van der Waals surface area contributed by atoms with Gasteiger partial charge in [-0.05, 0) is 87.1 Å². The molecule has 3 atom stereocenters. The fraction of sp³-hybridized carbons (Fsp3) is 0.696. The molecule has 27 heavy (non-hydrogen) atoms. The standard InChI is InChI=1S/C23H32N2O.ClH/c1-16-2-4-20(5-3-16)22-9-18-8-19(10-22)12-23(11-18,15-22)21(26)25-7-6-17(13-24)14-25;/h2-5,17-19H,6-15,24H2,1H3;1H. The van der Waals surface area contributed by atoms with Crippen molar-refractivity contribution in [1.82, 2.24) is 4.90 Å². The van der Waals surface area contributed by atoms with Gasteiger partial charge in [-0.1, -0.05) is 29.8 Å². The number of amides is 1. The van der Waals surface area contributed by atoms with Crippen LogP contribution in [0.4, 0.5) is 0 Å². The van der Waals surface area contributed by atoms with Crippen molar-refractivity contribution >= 4 is 18.3 Å². The molecular formula is C23H33ClN2O. The van der Waals surface area contributed by atoms with E-state index in [0.29, 0.717) is 11.8 Å². The largest absolute Gasteiger partial charge is 0.342 e. The highest BCUT2D eigenvalue weighted by atomic mass is 35.5. The Morgan fingerprint density at radius 3 is 2.41 bits per heavy atom. The molecule has 6 rings (SSSR count). The van der Waals surface area contributed by atoms with Crippen LogP contribution in [-0.4, -0.2) is 30.4 Å². The monoisotopic (exact) mass is 388 g/mol. The van der Waals surface area contributed by atoms with Crippen LogP contribution in [0.2, 0.25) is 0 Å². The van der Waals surface area contributed by atoms with Crippen molar-refractivity contribution in [2.45, 2.75) is 57.3 Å². The van der Waals surface area contributed by atoms with Crippen LogP contribution >= 0.6 is 12.4 Å². The van der Waals surface area contributed by atoms with Gasteiger partial charge < -0.3 is 10.6 Å². The molecule has 5 aliphatic rings. The van der Waals surface area contributed by atoms with E-state index in [1.165, 1.54) is 30.4 Å². The number of carbonyl (C=O) groups is 1. The van der Waals surface area contributed by atoms with Crippen LogP contribution in [0, 0.1) is 30.1 Å². The zero-order valence-corrected chi connectivity index (χ0v) is 17.3. The predicted molar refractivity (Wildman–Crippen MR) is 111 cm³/mol. The second-order valence-corrected chi connectivity index (χ2v) is 10.0. The zero-order chi connectivity index (χ0) is 17.9. The summed E-state index contributed by atoms with van der Waals surface area (Å²) in [5, 5.41) is 0. The Labute approximate surface area is 169 Å². The van der Waals surface area contributed by atoms with Crippen LogP contribution in [0.5, 0.6) is 0 Å². The molecule has 1 aromatic carbocycles. The van der Waals surface area contributed by atoms with Gasteiger partial charge in [0.25, 0.3) is 0 Å². The highest BCUT2D eigenvalue weighted by molar-refractivity contribution is 5.85. The Morgan fingerprint density at radius 2 is 1.81 bits per heavy atom. The number of aryl methyl sites for hydroxylation is 1. The van der Waals surface area contributed by atoms with Crippen molar-refractivity contribution in [3.63, 3.8) is 0 Å². The smallest absolute Gasteiger partial charge is 0.228 e. The maximum atomic E-state index is 13.7. The summed E-state index contributed by atoms with van der Waals surface area (Å²) in [5.74, 6) is 2.47. The summed E-state index contributed by atoms with van der Waals surface area (Å²) in [7, 11) is 0. The number of halogens is 1. The number of benzene rings is 1. The highest BCUT2D eigenvalue weighted by Crippen LogP contribution is 2.66. The third-order valence-electron chi connectivity index (χ3n) is 8.09. The summed E-state index contributed by atoms with van der Waals surface area (Å²) in [5.41, 5.74) is 8.86. The Kier molecular flexibility index (Phi) is 4.83. The van der Waals surface area contributed by atoms with Gasteiger partial charge in [0.1, 0.15) is 0 Å². The fourth-order valence-corrected chi connectivity index (χ4v) is 7.30. The Balaban J connectivity index is 0.00000180. The number of rotatable bonds is 3. The molecule has 3 unspecified atom stereocenters. The number of hydrogen-bond donors (Lipinski definition) is 1. The molecular weight excluding hydrogens is 356 g/mol. The molecule has 1 aliphatic heterocycles. The molecule has 1 aromatic rings. The van der Waals surface area contributed by atoms with Gasteiger partial charge >= 0.3 is 0 Å². The minimum absolute atomic E-state index is 0. The first-order chi connectivity index (χ1) is 12.5. The van der Waals surface area contributed by atoms with Crippen LogP contribution in [0.1, 0.15) is 56.1 Å². The fourth-order valence-electron chi connectivity index (χ4n) is 7.30. The third kappa shape index (κ3) is 3.02. The van der Waals surface area contributed by atoms with Crippen molar-refractivity contribution in [2.75, 3.05) is 19.6 Å². The van der Waals surface area contributed by atoms with E-state index in [2.05, 4.69) is 36.1 Å². The van der Waals surface area contributed by atoms with Crippen LogP contribution in [-0.2, 0) is 10.2 Å². The van der Waals surface area contributed by atoms with Gasteiger partial charge in [-0.3, -0.25) is 4.79 Å². The zero-order valence-electron chi connectivity index (χ0n) is 16.5. The molecule has 0 aromatic heterocycles. The number of carbonyl (C=O) groups excluding carboxylic acids is 1. The molecule has 3 nitrogen and oxygen atoms in total. The van der Waals surface area contributed by atoms with Gasteiger partial charge in [0.15, 0.2) is 0 Å². The molecule has 4 saturated carbocycles. The van der Waals surface area contributed by atoms with Crippen molar-refractivity contribution in [2.24, 2.45) is 28.9 Å². The van der Waals surface area contributed by atoms with Gasteiger partial charge in [0.2, 0.25) is 5.91 Å². The van der Waals surface area contributed by atoms with Crippen LogP contribution in [0.3, 0.4) is 0 Å². The minimum Gasteiger partial charge on any atom is -0.342 e. The van der Waals surface area contributed by atoms with Crippen LogP contribution in [0.15, 0.2) is 24.3 Å². The van der Waals surface area contributed by atoms with E-state index < -0.39 is 0 Å². The molecule has 4 aliphatic carbocycles. The summed E-state index contributed by atoms with van der Waals surface area (Å²) >= 11 is 0. The summed E-state index contributed by atoms with van der Waals surface area (Å²) < 4.78 is 0. The summed E-state index contributed by atoms with van der Waals surface area (Å²) in [6.07, 6.45) is 8.40. The first-order valence-electron chi connectivity index (χ1n) is 10.6. The van der Waals surface area contributed by atoms with Crippen molar-refractivity contribution < 1.29 is 4.79 Å². The van der Waals surface area contributed by atoms with Crippen LogP contribution in [0.25, 0.3) is 0 Å². The lowest BCUT2D eigenvalue weighted by Gasteiger charge is -2.62. The Morgan fingerprint density at radius 1 is 1.15 bits per heavy atom. The van der Waals surface area contributed by atoms with Crippen molar-refractivity contribution in [1.29, 1.82) is 0 Å². The van der Waals surface area contributed by atoms with Gasteiger partial charge in [-0.25, -0.2) is 0 Å². The quantitative estimate of drug-likeness (QED) is 0.848. The highest BCUT2D eigenvalue weighted by Gasteiger charge is 2.61. The number of nitrogens with two attached hydrogens (primary N) is 1. The van der Waals surface area contributed by atoms with E-state index in [0.717, 1.165) is 57.2 Å². The SMILES string of the molecule is Cc1ccc(C23CC4CC(CC(C(=O)N5CCC(CN)C5)(C4)C2)C3)cc1.Cl. The molecule has 148 valence electrons. The molecule has 1 amide bonds. The lowest BCUT2D eigenvalue weighted by atomic mass is 9.42. The first-order valence-corrected chi connectivity index (χ1v) is 10.6. The van der Waals surface area contributed by atoms with Gasteiger partial charge in [-0.15, -0.1) is 12.4 Å². The molecule has 4 bridgehead atoms. The van der Waals surface area contributed by atoms with E-state index in [-0.39, 0.29) is 23.2 Å². The molecule has 5 fully saturated rings. The number of likely N-dealkylation sites (tertiary alicyclic amines) is 1. The van der Waals surface area contributed by atoms with E-state index in [1.807, 2.05) is 0 Å². The predicted octanol–water partition coefficient (Wildman–Crippen LogP) is 4.06. The summed E-state index contributed by atoms with van der Waals surface area (Å²) in [6.45, 7) is 4.70. The summed E-state index contributed by atoms with van der Waals surface area (Å²) in [4.78, 5) is 15.8. The molecule has 1 heterocycles. The van der Waals surface area contributed by atoms with E-state index in [1.54, 1.807) is 0 Å². The Hall–Kier alpha value is -1.06. The third-order valence-corrected chi connectivity index (χ3v) is 8.09. The van der Waals surface area contributed by atoms with Gasteiger partial charge in [-0.2, -0.15) is 0 Å². The molecule has 0 spiro atoms. The lowest BCUT2D eigenvalue weighted by Crippen LogP contribution is -2.59. The van der Waals surface area contributed by atoms with E-state index >= 15 is 0 Å². The van der Waals surface area contributed by atoms with E-state index in [4.69, 9.17) is 5.73 Å². The Bertz CT molecular complexity index is 702. The van der Waals surface area contributed by atoms with Crippen LogP contribution < -0.4 is 5.73 Å². The lowest BCUT2D eigenvalue weighted by molar-refractivity contribution is -0.159. The van der Waals surface area contributed by atoms with Gasteiger partial charge in [0, 0.05) is 13.1 Å². The number of hydrogen-bond acceptors (Lipinski definition) is 2. The number of nitrogens with zero attached hydrogens (tertiary/aromatic N) is 1. The first kappa shape index (κ1) is 19.3. The molecule has 4 heteroatoms. The second kappa shape index (κ2) is 6.77. The topological polar surface area (TPSA) is 46.3 Å². The minimum atomic E-state index is -0.0849. The maximum Gasteiger partial charge on any atom is 0.228 e. The normalized spacial score (nSPS) is 39.5.